The number of rotatable bonds is 23. The molecule has 6 heteroatoms. The van der Waals surface area contributed by atoms with Gasteiger partial charge in [-0.25, -0.2) is 0 Å². The fourth-order valence-electron chi connectivity index (χ4n) is 4.32. The molecule has 0 aliphatic heterocycles. The average Bonchev–Trinajstić information content (AvgIpc) is 2.73. The third kappa shape index (κ3) is 19.8. The van der Waals surface area contributed by atoms with Crippen LogP contribution < -0.4 is 0 Å². The van der Waals surface area contributed by atoms with Crippen molar-refractivity contribution in [3.63, 3.8) is 0 Å². The zero-order valence-corrected chi connectivity index (χ0v) is 23.8. The maximum atomic E-state index is 11.8. The molecule has 0 fully saturated rings. The monoisotopic (exact) mass is 502 g/mol. The highest BCUT2D eigenvalue weighted by Gasteiger charge is 2.48. The first-order valence-electron chi connectivity index (χ1n) is 13.9. The number of unbranched alkanes of at least 4 members (excludes halogenated alkanes) is 14. The van der Waals surface area contributed by atoms with Crippen LogP contribution in [0, 0.1) is 0 Å². The van der Waals surface area contributed by atoms with Gasteiger partial charge in [0.05, 0.1) is 21.1 Å². The van der Waals surface area contributed by atoms with E-state index in [0.717, 1.165) is 12.8 Å². The van der Waals surface area contributed by atoms with E-state index in [4.69, 9.17) is 0 Å². The van der Waals surface area contributed by atoms with Crippen LogP contribution in [0.5, 0.6) is 0 Å². The number of hydrogen-bond donors (Lipinski definition) is 3. The smallest absolute Gasteiger partial charge is 0.362 e. The molecule has 0 amide bonds. The van der Waals surface area contributed by atoms with Crippen LogP contribution in [-0.4, -0.2) is 52.4 Å². The maximum Gasteiger partial charge on any atom is 0.362 e. The number of quaternary nitrogens is 1. The average molecular weight is 503 g/mol. The normalized spacial score (nSPS) is 14.9. The van der Waals surface area contributed by atoms with Gasteiger partial charge in [0, 0.05) is 0 Å². The fraction of sp³-hybridized carbons (Fsp3) is 0.857. The van der Waals surface area contributed by atoms with Crippen LogP contribution >= 0.6 is 7.60 Å². The molecule has 0 aromatic carbocycles. The molecule has 0 aromatic heterocycles. The Hall–Kier alpha value is -0.450. The molecule has 1 atom stereocenters. The van der Waals surface area contributed by atoms with Crippen LogP contribution in [0.3, 0.4) is 0 Å². The first-order chi connectivity index (χ1) is 16.0. The highest BCUT2D eigenvalue weighted by atomic mass is 31.2. The van der Waals surface area contributed by atoms with E-state index in [0.29, 0.717) is 10.9 Å². The molecule has 0 heterocycles. The molecule has 0 saturated heterocycles. The summed E-state index contributed by atoms with van der Waals surface area (Å²) in [6.07, 6.45) is 29.8. The largest absolute Gasteiger partial charge is 0.373 e. The molecule has 1 unspecified atom stereocenters. The zero-order chi connectivity index (χ0) is 25.8. The SMILES string of the molecule is CCC/C=C\CCCC/C=C\CCCCCCCCCCCCC(O)(C[N+](C)(C)C)P(=O)(O)O. The first kappa shape index (κ1) is 33.5. The van der Waals surface area contributed by atoms with E-state index in [1.165, 1.54) is 89.9 Å². The minimum atomic E-state index is -4.55. The minimum absolute atomic E-state index is 0.0596. The van der Waals surface area contributed by atoms with E-state index < -0.39 is 12.9 Å². The lowest BCUT2D eigenvalue weighted by Crippen LogP contribution is -2.49. The van der Waals surface area contributed by atoms with E-state index in [9.17, 15) is 19.5 Å². The Bertz CT molecular complexity index is 579. The van der Waals surface area contributed by atoms with Gasteiger partial charge in [-0.1, -0.05) is 89.0 Å². The van der Waals surface area contributed by atoms with E-state index in [-0.39, 0.29) is 13.0 Å². The summed E-state index contributed by atoms with van der Waals surface area (Å²) < 4.78 is 12.1. The Morgan fingerprint density at radius 1 is 0.647 bits per heavy atom. The van der Waals surface area contributed by atoms with Crippen molar-refractivity contribution in [2.45, 2.75) is 128 Å². The minimum Gasteiger partial charge on any atom is -0.373 e. The van der Waals surface area contributed by atoms with Gasteiger partial charge >= 0.3 is 7.60 Å². The topological polar surface area (TPSA) is 77.8 Å². The third-order valence-electron chi connectivity index (χ3n) is 6.25. The Balaban J connectivity index is 3.56. The Morgan fingerprint density at radius 3 is 1.38 bits per heavy atom. The van der Waals surface area contributed by atoms with Gasteiger partial charge in [0.15, 0.2) is 0 Å². The van der Waals surface area contributed by atoms with Crippen molar-refractivity contribution in [3.05, 3.63) is 24.3 Å². The summed E-state index contributed by atoms with van der Waals surface area (Å²) in [5.74, 6) is 0. The second-order valence-electron chi connectivity index (χ2n) is 11.1. The van der Waals surface area contributed by atoms with E-state index in [2.05, 4.69) is 31.2 Å². The molecule has 5 nitrogen and oxygen atoms in total. The van der Waals surface area contributed by atoms with Crippen LogP contribution in [0.15, 0.2) is 24.3 Å². The Kier molecular flexibility index (Phi) is 19.4. The predicted octanol–water partition coefficient (Wildman–Crippen LogP) is 7.71. The Labute approximate surface area is 211 Å². The fourth-order valence-corrected chi connectivity index (χ4v) is 5.38. The summed E-state index contributed by atoms with van der Waals surface area (Å²) in [4.78, 5) is 19.2. The molecule has 202 valence electrons. The highest BCUT2D eigenvalue weighted by molar-refractivity contribution is 7.53. The summed E-state index contributed by atoms with van der Waals surface area (Å²) in [7, 11) is 0.976. The molecule has 0 rings (SSSR count). The van der Waals surface area contributed by atoms with E-state index in [1.807, 2.05) is 21.1 Å². The summed E-state index contributed by atoms with van der Waals surface area (Å²) >= 11 is 0. The molecule has 0 aliphatic rings. The van der Waals surface area contributed by atoms with Crippen molar-refractivity contribution in [3.8, 4) is 0 Å². The lowest BCUT2D eigenvalue weighted by molar-refractivity contribution is -0.875. The molecule has 0 saturated carbocycles. The van der Waals surface area contributed by atoms with Gasteiger partial charge in [0.25, 0.3) is 0 Å². The van der Waals surface area contributed by atoms with Gasteiger partial charge < -0.3 is 19.4 Å². The van der Waals surface area contributed by atoms with E-state index >= 15 is 0 Å². The maximum absolute atomic E-state index is 11.8. The molecule has 0 aromatic rings. The van der Waals surface area contributed by atoms with Crippen molar-refractivity contribution in [1.82, 2.24) is 0 Å². The Morgan fingerprint density at radius 2 is 1.00 bits per heavy atom. The van der Waals surface area contributed by atoms with Gasteiger partial charge in [-0.15, -0.1) is 0 Å². The molecular weight excluding hydrogens is 445 g/mol. The predicted molar refractivity (Wildman–Crippen MR) is 147 cm³/mol. The van der Waals surface area contributed by atoms with Gasteiger partial charge in [-0.2, -0.15) is 0 Å². The van der Waals surface area contributed by atoms with Crippen LogP contribution in [0.25, 0.3) is 0 Å². The number of nitrogens with zero attached hydrogens (tertiary/aromatic N) is 1. The first-order valence-corrected chi connectivity index (χ1v) is 15.5. The van der Waals surface area contributed by atoms with Crippen molar-refractivity contribution in [2.24, 2.45) is 0 Å². The standard InChI is InChI=1S/C28H56NO4P/c1-5-6-7-8-9-10-11-12-13-14-15-16-17-18-19-20-21-22-23-24-25-26-28(30,34(31,32)33)27-29(2,3)4/h7-8,13-14,30H,5-6,9-12,15-27H2,1-4H3,(H-,31,32,33)/p+1/b8-7-,14-13-. The van der Waals surface area contributed by atoms with Crippen LogP contribution in [0.4, 0.5) is 0 Å². The second kappa shape index (κ2) is 19.7. The molecular formula is C28H57NO4P+. The molecule has 34 heavy (non-hydrogen) atoms. The van der Waals surface area contributed by atoms with Crippen molar-refractivity contribution >= 4 is 7.60 Å². The number of aliphatic hydroxyl groups is 1. The molecule has 3 N–H and O–H groups in total. The molecule has 0 spiro atoms. The van der Waals surface area contributed by atoms with Crippen LogP contribution in [0.1, 0.15) is 122 Å². The van der Waals surface area contributed by atoms with Gasteiger partial charge in [0.2, 0.25) is 5.34 Å². The van der Waals surface area contributed by atoms with Crippen molar-refractivity contribution in [1.29, 1.82) is 0 Å². The van der Waals surface area contributed by atoms with Crippen LogP contribution in [-0.2, 0) is 4.57 Å². The van der Waals surface area contributed by atoms with Crippen molar-refractivity contribution in [2.75, 3.05) is 27.7 Å². The van der Waals surface area contributed by atoms with E-state index in [1.54, 1.807) is 0 Å². The van der Waals surface area contributed by atoms with Crippen molar-refractivity contribution < 1.29 is 23.9 Å². The summed E-state index contributed by atoms with van der Waals surface area (Å²) in [5, 5.41) is 8.65. The summed E-state index contributed by atoms with van der Waals surface area (Å²) in [5.41, 5.74) is 0. The second-order valence-corrected chi connectivity index (χ2v) is 13.0. The molecule has 0 aliphatic carbocycles. The molecule has 0 radical (unpaired) electrons. The summed E-state index contributed by atoms with van der Waals surface area (Å²) in [6, 6.07) is 0. The number of allylic oxidation sites excluding steroid dienone is 4. The zero-order valence-electron chi connectivity index (χ0n) is 22.9. The highest BCUT2D eigenvalue weighted by Crippen LogP contribution is 2.52. The number of hydrogen-bond acceptors (Lipinski definition) is 2. The number of likely N-dealkylation sites (N-methyl/N-ethyl adjacent to an activating group) is 1. The third-order valence-corrected chi connectivity index (χ3v) is 7.70. The quantitative estimate of drug-likeness (QED) is 0.0578. The van der Waals surface area contributed by atoms with Gasteiger partial charge in [-0.3, -0.25) is 4.57 Å². The van der Waals surface area contributed by atoms with Crippen LogP contribution in [0.2, 0.25) is 0 Å². The lowest BCUT2D eigenvalue weighted by Gasteiger charge is -2.35. The molecule has 0 bridgehead atoms. The summed E-state index contributed by atoms with van der Waals surface area (Å²) in [6.45, 7) is 2.28. The van der Waals surface area contributed by atoms with Gasteiger partial charge in [0.1, 0.15) is 6.54 Å². The van der Waals surface area contributed by atoms with Gasteiger partial charge in [-0.05, 0) is 57.8 Å². The lowest BCUT2D eigenvalue weighted by atomic mass is 10.0.